The van der Waals surface area contributed by atoms with Crippen LogP contribution in [0.5, 0.6) is 5.75 Å². The lowest BCUT2D eigenvalue weighted by Crippen LogP contribution is -2.31. The minimum Gasteiger partial charge on any atom is -0.507 e. The fourth-order valence-electron chi connectivity index (χ4n) is 4.10. The van der Waals surface area contributed by atoms with Crippen LogP contribution in [-0.2, 0) is 6.54 Å². The first-order valence-corrected chi connectivity index (χ1v) is 11.7. The normalized spacial score (nSPS) is 13.1. The monoisotopic (exact) mass is 485 g/mol. The molecule has 0 unspecified atom stereocenters. The maximum Gasteiger partial charge on any atom is 0.342 e. The average molecular weight is 486 g/mol. The number of aromatic nitrogens is 3. The van der Waals surface area contributed by atoms with Gasteiger partial charge in [0.2, 0.25) is 0 Å². The topological polar surface area (TPSA) is 109 Å². The molecule has 4 aromatic rings. The van der Waals surface area contributed by atoms with Gasteiger partial charge in [-0.3, -0.25) is 9.78 Å². The Bertz CT molecular complexity index is 1420. The standard InChI is InChI=1S/C27H24FN5O3/c28-22-7-2-1-4-19(22)16-30-27(36)33-24(17-5-3-6-17)15-23(32-33)21-9-8-20(14-25(21)34)31-26(35)18-10-12-29-13-11-18/h1-2,4,7-15,17,34H,3,5-6,16H2,(H,30,36)(H,31,35). The van der Waals surface area contributed by atoms with Crippen LogP contribution in [0.15, 0.2) is 73.1 Å². The Morgan fingerprint density at radius 3 is 2.53 bits per heavy atom. The maximum atomic E-state index is 14.0. The van der Waals surface area contributed by atoms with Crippen molar-refractivity contribution in [2.75, 3.05) is 5.32 Å². The molecular weight excluding hydrogens is 461 g/mol. The number of halogens is 1. The second kappa shape index (κ2) is 9.99. The van der Waals surface area contributed by atoms with Crippen molar-refractivity contribution in [3.8, 4) is 17.0 Å². The highest BCUT2D eigenvalue weighted by Crippen LogP contribution is 2.39. The van der Waals surface area contributed by atoms with Gasteiger partial charge in [0.1, 0.15) is 11.6 Å². The number of hydrogen-bond donors (Lipinski definition) is 3. The van der Waals surface area contributed by atoms with Crippen LogP contribution in [0.3, 0.4) is 0 Å². The van der Waals surface area contributed by atoms with Crippen LogP contribution >= 0.6 is 0 Å². The van der Waals surface area contributed by atoms with Crippen molar-refractivity contribution >= 4 is 17.6 Å². The molecule has 0 saturated heterocycles. The third-order valence-electron chi connectivity index (χ3n) is 6.31. The van der Waals surface area contributed by atoms with E-state index in [4.69, 9.17) is 0 Å². The number of hydrogen-bond acceptors (Lipinski definition) is 5. The summed E-state index contributed by atoms with van der Waals surface area (Å²) in [7, 11) is 0. The molecular formula is C27H24FN5O3. The number of phenols is 1. The van der Waals surface area contributed by atoms with Crippen molar-refractivity contribution in [3.63, 3.8) is 0 Å². The molecule has 2 heterocycles. The number of phenolic OH excluding ortho intramolecular Hbond substituents is 1. The first-order valence-electron chi connectivity index (χ1n) is 11.7. The summed E-state index contributed by atoms with van der Waals surface area (Å²) >= 11 is 0. The van der Waals surface area contributed by atoms with E-state index in [1.54, 1.807) is 48.5 Å². The Hall–Kier alpha value is -4.53. The number of carbonyl (C=O) groups is 2. The van der Waals surface area contributed by atoms with Gasteiger partial charge in [0.15, 0.2) is 0 Å². The van der Waals surface area contributed by atoms with Crippen molar-refractivity contribution in [2.24, 2.45) is 0 Å². The molecule has 1 aliphatic rings. The molecule has 3 N–H and O–H groups in total. The smallest absolute Gasteiger partial charge is 0.342 e. The van der Waals surface area contributed by atoms with E-state index >= 15 is 0 Å². The lowest BCUT2D eigenvalue weighted by Gasteiger charge is -2.25. The Balaban J connectivity index is 1.37. The minimum absolute atomic E-state index is 0.0297. The Kier molecular flexibility index (Phi) is 6.44. The van der Waals surface area contributed by atoms with E-state index in [9.17, 15) is 19.1 Å². The van der Waals surface area contributed by atoms with Crippen LogP contribution in [0.4, 0.5) is 14.9 Å². The molecule has 2 aromatic carbocycles. The van der Waals surface area contributed by atoms with Gasteiger partial charge >= 0.3 is 6.03 Å². The third kappa shape index (κ3) is 4.81. The zero-order valence-electron chi connectivity index (χ0n) is 19.3. The predicted octanol–water partition coefficient (Wildman–Crippen LogP) is 5.07. The summed E-state index contributed by atoms with van der Waals surface area (Å²) in [5.74, 6) is -0.613. The number of amides is 2. The van der Waals surface area contributed by atoms with Crippen LogP contribution in [0.25, 0.3) is 11.3 Å². The summed E-state index contributed by atoms with van der Waals surface area (Å²) in [4.78, 5) is 29.3. The molecule has 36 heavy (non-hydrogen) atoms. The van der Waals surface area contributed by atoms with Gasteiger partial charge < -0.3 is 15.7 Å². The number of rotatable bonds is 6. The Labute approximate surface area is 206 Å². The molecule has 0 radical (unpaired) electrons. The summed E-state index contributed by atoms with van der Waals surface area (Å²) < 4.78 is 15.3. The van der Waals surface area contributed by atoms with Gasteiger partial charge in [0.25, 0.3) is 5.91 Å². The van der Waals surface area contributed by atoms with E-state index in [-0.39, 0.29) is 29.9 Å². The van der Waals surface area contributed by atoms with Gasteiger partial charge in [0, 0.05) is 53.3 Å². The van der Waals surface area contributed by atoms with Crippen molar-refractivity contribution in [1.82, 2.24) is 20.1 Å². The SMILES string of the molecule is O=C(Nc1ccc(-c2cc(C3CCC3)n(C(=O)NCc3ccccc3F)n2)c(O)c1)c1ccncc1. The zero-order valence-corrected chi connectivity index (χ0v) is 19.3. The number of aromatic hydroxyl groups is 1. The van der Waals surface area contributed by atoms with Gasteiger partial charge in [0.05, 0.1) is 11.4 Å². The van der Waals surface area contributed by atoms with E-state index in [1.807, 2.05) is 0 Å². The molecule has 2 aromatic heterocycles. The van der Waals surface area contributed by atoms with Gasteiger partial charge in [-0.2, -0.15) is 9.78 Å². The number of pyridine rings is 1. The van der Waals surface area contributed by atoms with Crippen LogP contribution in [-0.4, -0.2) is 31.8 Å². The lowest BCUT2D eigenvalue weighted by molar-refractivity contribution is 0.102. The number of benzene rings is 2. The summed E-state index contributed by atoms with van der Waals surface area (Å²) in [6.45, 7) is 0.0297. The molecule has 182 valence electrons. The maximum absolute atomic E-state index is 14.0. The summed E-state index contributed by atoms with van der Waals surface area (Å²) in [6, 6.07) is 15.5. The number of nitrogens with zero attached hydrogens (tertiary/aromatic N) is 3. The quantitative estimate of drug-likeness (QED) is 0.353. The van der Waals surface area contributed by atoms with Crippen LogP contribution in [0, 0.1) is 5.82 Å². The molecule has 2 amide bonds. The van der Waals surface area contributed by atoms with Crippen molar-refractivity contribution in [1.29, 1.82) is 0 Å². The van der Waals surface area contributed by atoms with Gasteiger partial charge in [-0.15, -0.1) is 0 Å². The van der Waals surface area contributed by atoms with Crippen molar-refractivity contribution in [2.45, 2.75) is 31.7 Å². The van der Waals surface area contributed by atoms with Crippen LogP contribution in [0.2, 0.25) is 0 Å². The molecule has 9 heteroatoms. The molecule has 1 saturated carbocycles. The van der Waals surface area contributed by atoms with Crippen LogP contribution < -0.4 is 10.6 Å². The van der Waals surface area contributed by atoms with E-state index < -0.39 is 6.03 Å². The fraction of sp³-hybridized carbons (Fsp3) is 0.185. The predicted molar refractivity (Wildman–Crippen MR) is 132 cm³/mol. The van der Waals surface area contributed by atoms with E-state index in [1.165, 1.54) is 29.2 Å². The molecule has 0 atom stereocenters. The second-order valence-corrected chi connectivity index (χ2v) is 8.67. The Morgan fingerprint density at radius 1 is 1.06 bits per heavy atom. The van der Waals surface area contributed by atoms with E-state index in [0.717, 1.165) is 25.0 Å². The third-order valence-corrected chi connectivity index (χ3v) is 6.31. The Morgan fingerprint density at radius 2 is 1.83 bits per heavy atom. The minimum atomic E-state index is -0.466. The molecule has 1 fully saturated rings. The number of nitrogens with one attached hydrogen (secondary N) is 2. The lowest BCUT2D eigenvalue weighted by atomic mass is 9.82. The van der Waals surface area contributed by atoms with Gasteiger partial charge in [-0.05, 0) is 49.2 Å². The summed E-state index contributed by atoms with van der Waals surface area (Å²) in [6.07, 6.45) is 6.00. The molecule has 5 rings (SSSR count). The van der Waals surface area contributed by atoms with Crippen molar-refractivity contribution in [3.05, 3.63) is 95.7 Å². The highest BCUT2D eigenvalue weighted by atomic mass is 19.1. The summed E-state index contributed by atoms with van der Waals surface area (Å²) in [5.41, 5.74) is 2.85. The van der Waals surface area contributed by atoms with E-state index in [2.05, 4.69) is 20.7 Å². The number of anilines is 1. The second-order valence-electron chi connectivity index (χ2n) is 8.67. The first kappa shape index (κ1) is 23.2. The highest BCUT2D eigenvalue weighted by molar-refractivity contribution is 6.04. The zero-order chi connectivity index (χ0) is 25.1. The van der Waals surface area contributed by atoms with Crippen LogP contribution in [0.1, 0.15) is 46.8 Å². The molecule has 1 aliphatic carbocycles. The summed E-state index contributed by atoms with van der Waals surface area (Å²) in [5, 5.41) is 20.7. The number of carbonyl (C=O) groups excluding carboxylic acids is 2. The molecule has 0 bridgehead atoms. The molecule has 0 aliphatic heterocycles. The molecule has 0 spiro atoms. The average Bonchev–Trinajstić information content (AvgIpc) is 3.27. The first-order chi connectivity index (χ1) is 17.5. The van der Waals surface area contributed by atoms with E-state index in [0.29, 0.717) is 28.1 Å². The highest BCUT2D eigenvalue weighted by Gasteiger charge is 2.27. The largest absolute Gasteiger partial charge is 0.507 e. The van der Waals surface area contributed by atoms with Gasteiger partial charge in [-0.25, -0.2) is 9.18 Å². The molecule has 8 nitrogen and oxygen atoms in total. The fourth-order valence-corrected chi connectivity index (χ4v) is 4.10. The van der Waals surface area contributed by atoms with Crippen molar-refractivity contribution < 1.29 is 19.1 Å². The van der Waals surface area contributed by atoms with Gasteiger partial charge in [-0.1, -0.05) is 24.6 Å².